The van der Waals surface area contributed by atoms with Gasteiger partial charge in [-0.15, -0.1) is 0 Å². The van der Waals surface area contributed by atoms with Crippen molar-refractivity contribution in [2.24, 2.45) is 0 Å². The van der Waals surface area contributed by atoms with E-state index in [1.165, 1.54) is 0 Å². The predicted octanol–water partition coefficient (Wildman–Crippen LogP) is 30.3. The number of benzene rings is 20. The summed E-state index contributed by atoms with van der Waals surface area (Å²) in [5, 5.41) is 41.2. The maximum atomic E-state index is 10.1. The van der Waals surface area contributed by atoms with Gasteiger partial charge < -0.3 is 39.9 Å². The van der Waals surface area contributed by atoms with Gasteiger partial charge in [0.25, 0.3) is 0 Å². The first-order chi connectivity index (χ1) is 73.3. The molecule has 0 amide bonds. The Morgan fingerprint density at radius 1 is 0.197 bits per heavy atom. The molecule has 0 saturated heterocycles. The molecule has 20 aromatic carbocycles. The SMILES string of the molecule is N#Cc1ccc(-c2c3nc(c(-c4ccc(C#N)cc4)c4[n-]c(nc5nc(nc6[n-]c2c2cc7ccccc7cc62)-c2cc6ccccc6cc2-5)c2cc5ccccc5cc42)-c2cc4ccccc4cc2-3)cc1.[2H]c1c([2H])c([2H])c(-c2c3nc(c(-c4c([2H])c([2H])c([2H])c([2H])c4[2H])c4[n-]c(nc5nc(nc6[n-]c2c2cc7ccccc7cc62)-c2cc6ccccc6cc2-5)c2cc5ccccc5cc42)-c2cc4ccccc4cc2-3)c([2H])c1[2H].[Pt+2].[Pt+2]. The second-order valence-electron chi connectivity index (χ2n) is 35.6. The van der Waals surface area contributed by atoms with Crippen molar-refractivity contribution >= 4 is 174 Å². The van der Waals surface area contributed by atoms with Gasteiger partial charge in [0.1, 0.15) is 0 Å². The molecule has 10 heterocycles. The van der Waals surface area contributed by atoms with Gasteiger partial charge in [-0.25, -0.2) is 9.97 Å². The first-order valence-corrected chi connectivity index (χ1v) is 45.8. The van der Waals surface area contributed by atoms with Gasteiger partial charge in [0.05, 0.1) is 83.0 Å². The molecule has 4 aliphatic heterocycles. The Morgan fingerprint density at radius 3 is 0.599 bits per heavy atom. The molecule has 0 unspecified atom stereocenters. The van der Waals surface area contributed by atoms with Crippen LogP contribution in [0, 0.1) is 22.7 Å². The van der Waals surface area contributed by atoms with E-state index >= 15 is 0 Å². The molecule has 30 rings (SSSR count). The molecular weight excluding hydrogens is 2100 g/mol. The van der Waals surface area contributed by atoms with Crippen molar-refractivity contribution in [1.29, 1.82) is 10.5 Å². The van der Waals surface area contributed by atoms with Crippen LogP contribution in [0.15, 0.2) is 400 Å². The van der Waals surface area contributed by atoms with E-state index in [0.717, 1.165) is 152 Å². The van der Waals surface area contributed by atoms with Gasteiger partial charge in [0.15, 0.2) is 0 Å². The summed E-state index contributed by atoms with van der Waals surface area (Å²) in [4.78, 5) is 65.6. The maximum absolute atomic E-state index is 10.1. The van der Waals surface area contributed by atoms with Crippen LogP contribution in [0.5, 0.6) is 0 Å². The molecule has 16 bridgehead atoms. The van der Waals surface area contributed by atoms with Crippen LogP contribution in [-0.4, -0.2) is 39.9 Å². The summed E-state index contributed by atoms with van der Waals surface area (Å²) < 4.78 is 92.8. The molecule has 26 aromatic rings. The normalized spacial score (nSPS) is 12.8. The standard InChI is InChI=1S/C64H32N8.C62H34N6.2Pt/c65-33-35-17-21-37(22-18-35)55-57-47-25-39-9-1-2-10-40(39)26-48(47)58(67-57)56(38-23-19-36(34-66)20-24-38)60-50-28-42-12-4-6-14-44(42)30-52(50)62(69-60)71-64-54-32-46-16-8-7-15-45(46)31-53(54)63(72-64)70-61-51-29-43-13-5-3-11-41(43)27-49(51)59(55)68-61;1-3-15-35(16-4-1)53-55-45-27-37-19-7-8-20-38(37)28-46(45)56(63-55)54(36-17-5-2-6-18-36)58-48-30-40-22-10-12-24-42(40)32-50(48)60(65-58)67-62-52-34-44-26-14-13-25-43(44)33-51(52)61(68-62)66-59-49-31-41-23-11-9-21-39(41)29-47(49)57(53)64-59;;/h1-32H;1-34H;;/q2*-2;2*+2/i;1D,2D,3D,4D,5D,6D,15D,16D,17D,18D;;. The van der Waals surface area contributed by atoms with Crippen LogP contribution in [0.25, 0.3) is 309 Å². The van der Waals surface area contributed by atoms with Crippen LogP contribution in [-0.2, 0) is 42.1 Å². The smallest absolute Gasteiger partial charge is 0.435 e. The van der Waals surface area contributed by atoms with E-state index in [1.54, 1.807) is 0 Å². The topological polar surface area (TPSA) is 207 Å². The zero-order valence-corrected chi connectivity index (χ0v) is 78.8. The first-order valence-electron chi connectivity index (χ1n) is 50.8. The molecule has 0 N–H and O–H groups in total. The monoisotopic (exact) mass is 2170 g/mol. The van der Waals surface area contributed by atoms with Gasteiger partial charge in [-0.1, -0.05) is 279 Å². The van der Waals surface area contributed by atoms with E-state index in [1.807, 2.05) is 218 Å². The summed E-state index contributed by atoms with van der Waals surface area (Å²) >= 11 is 0. The molecule has 4 aliphatic rings. The third-order valence-corrected chi connectivity index (χ3v) is 27.6. The van der Waals surface area contributed by atoms with E-state index < -0.39 is 60.4 Å². The van der Waals surface area contributed by atoms with Crippen molar-refractivity contribution in [1.82, 2.24) is 59.8 Å². The molecule has 0 radical (unpaired) electrons. The maximum Gasteiger partial charge on any atom is 2.00 e. The first kappa shape index (κ1) is 73.1. The predicted molar refractivity (Wildman–Crippen MR) is 568 cm³/mol. The van der Waals surface area contributed by atoms with Gasteiger partial charge in [0, 0.05) is 66.8 Å². The van der Waals surface area contributed by atoms with E-state index in [4.69, 9.17) is 68.0 Å². The molecule has 0 atom stereocenters. The van der Waals surface area contributed by atoms with E-state index in [0.29, 0.717) is 112 Å². The van der Waals surface area contributed by atoms with Crippen LogP contribution in [0.4, 0.5) is 0 Å². The second-order valence-corrected chi connectivity index (χ2v) is 35.6. The second kappa shape index (κ2) is 32.8. The number of nitrogens with zero attached hydrogens (tertiary/aromatic N) is 14. The Labute approximate surface area is 852 Å². The van der Waals surface area contributed by atoms with Crippen LogP contribution in [0.2, 0.25) is 0 Å². The Bertz CT molecular complexity index is 10600. The largest absolute Gasteiger partial charge is 2.00 e. The van der Waals surface area contributed by atoms with Gasteiger partial charge >= 0.3 is 42.1 Å². The number of hydrogen-bond acceptors (Lipinski definition) is 10. The fourth-order valence-electron chi connectivity index (χ4n) is 21.0. The minimum atomic E-state index is -0.589. The van der Waals surface area contributed by atoms with Gasteiger partial charge in [-0.2, -0.15) is 10.5 Å². The average Bonchev–Trinajstić information content (AvgIpc) is 1.56. The molecule has 14 nitrogen and oxygen atoms in total. The summed E-state index contributed by atoms with van der Waals surface area (Å²) in [7, 11) is 0. The van der Waals surface area contributed by atoms with Crippen LogP contribution >= 0.6 is 0 Å². The van der Waals surface area contributed by atoms with Crippen molar-refractivity contribution in [2.45, 2.75) is 0 Å². The molecule has 660 valence electrons. The minimum Gasteiger partial charge on any atom is -0.435 e. The molecule has 16 heteroatoms. The Hall–Kier alpha value is -18.2. The molecule has 0 fully saturated rings. The van der Waals surface area contributed by atoms with Gasteiger partial charge in [0.2, 0.25) is 0 Å². The number of rotatable bonds is 4. The van der Waals surface area contributed by atoms with Crippen LogP contribution in [0.1, 0.15) is 24.8 Å². The van der Waals surface area contributed by atoms with Crippen molar-refractivity contribution in [3.8, 4) is 147 Å². The number of aromatic nitrogens is 12. The fraction of sp³-hybridized carbons (Fsp3) is 0. The third kappa shape index (κ3) is 13.3. The fourth-order valence-corrected chi connectivity index (χ4v) is 21.0. The molecule has 6 aromatic heterocycles. The third-order valence-electron chi connectivity index (χ3n) is 27.6. The van der Waals surface area contributed by atoms with Crippen molar-refractivity contribution in [2.75, 3.05) is 0 Å². The van der Waals surface area contributed by atoms with E-state index in [-0.39, 0.29) is 98.1 Å². The minimum absolute atomic E-state index is 0. The van der Waals surface area contributed by atoms with Crippen molar-refractivity contribution < 1.29 is 55.8 Å². The van der Waals surface area contributed by atoms with E-state index in [9.17, 15) is 16.0 Å². The summed E-state index contributed by atoms with van der Waals surface area (Å²) in [5.74, 6) is 1.59. The average molecular weight is 2180 g/mol. The van der Waals surface area contributed by atoms with E-state index in [2.05, 4.69) is 133 Å². The summed E-state index contributed by atoms with van der Waals surface area (Å²) in [6.07, 6.45) is 0. The number of nitriles is 2. The van der Waals surface area contributed by atoms with Gasteiger partial charge in [-0.3, -0.25) is 9.97 Å². The number of fused-ring (bicyclic) bond motifs is 48. The number of hydrogen-bond donors (Lipinski definition) is 0. The Kier molecular flexibility index (Phi) is 16.9. The van der Waals surface area contributed by atoms with Crippen molar-refractivity contribution in [3.05, 3.63) is 411 Å². The quantitative estimate of drug-likeness (QED) is 0.161. The summed E-state index contributed by atoms with van der Waals surface area (Å²) in [6, 6.07) is 112. The molecular formula is C126H66N14Pt2. The molecule has 142 heavy (non-hydrogen) atoms. The molecule has 0 spiro atoms. The Morgan fingerprint density at radius 2 is 0.387 bits per heavy atom. The van der Waals surface area contributed by atoms with Crippen LogP contribution < -0.4 is 19.9 Å². The van der Waals surface area contributed by atoms with Crippen molar-refractivity contribution in [3.63, 3.8) is 0 Å². The Balaban J connectivity index is 0.000000147. The summed E-state index contributed by atoms with van der Waals surface area (Å²) in [6.45, 7) is 0. The summed E-state index contributed by atoms with van der Waals surface area (Å²) in [5.41, 5.74) is 14.9. The zero-order valence-electron chi connectivity index (χ0n) is 84.2. The molecule has 0 aliphatic carbocycles. The molecule has 0 saturated carbocycles. The van der Waals surface area contributed by atoms with Gasteiger partial charge in [-0.05, 0) is 318 Å². The van der Waals surface area contributed by atoms with Crippen LogP contribution in [0.3, 0.4) is 0 Å². The zero-order chi connectivity index (χ0) is 101.